The minimum absolute atomic E-state index is 0.304. The number of rotatable bonds is 4. The second-order valence-corrected chi connectivity index (χ2v) is 9.14. The normalized spacial score (nSPS) is 29.5. The van der Waals surface area contributed by atoms with Crippen molar-refractivity contribution in [3.05, 3.63) is 65.7 Å². The monoisotopic (exact) mass is 390 g/mol. The minimum atomic E-state index is 0.304. The number of hydrogen-bond acceptors (Lipinski definition) is 3. The fourth-order valence-corrected chi connectivity index (χ4v) is 6.03. The maximum Gasteiger partial charge on any atom is 0.223 e. The molecule has 0 saturated carbocycles. The van der Waals surface area contributed by atoms with E-state index >= 15 is 0 Å². The molecule has 0 radical (unpaired) electrons. The molecule has 3 aliphatic heterocycles. The second kappa shape index (κ2) is 7.83. The van der Waals surface area contributed by atoms with Gasteiger partial charge in [0.2, 0.25) is 5.91 Å². The van der Waals surface area contributed by atoms with Gasteiger partial charge in [0.25, 0.3) is 0 Å². The molecule has 152 valence electrons. The highest BCUT2D eigenvalue weighted by atomic mass is 16.3. The van der Waals surface area contributed by atoms with Crippen LogP contribution in [0.4, 0.5) is 0 Å². The molecule has 1 amide bonds. The molecular weight excluding hydrogens is 360 g/mol. The summed E-state index contributed by atoms with van der Waals surface area (Å²) in [6, 6.07) is 19.0. The molecule has 2 aromatic carbocycles. The van der Waals surface area contributed by atoms with Crippen molar-refractivity contribution in [1.29, 1.82) is 0 Å². The van der Waals surface area contributed by atoms with Crippen molar-refractivity contribution < 1.29 is 9.90 Å². The van der Waals surface area contributed by atoms with Gasteiger partial charge in [-0.15, -0.1) is 0 Å². The lowest BCUT2D eigenvalue weighted by molar-refractivity contribution is -0.152. The van der Waals surface area contributed by atoms with Gasteiger partial charge in [-0.1, -0.05) is 42.5 Å². The van der Waals surface area contributed by atoms with Crippen molar-refractivity contribution >= 4 is 5.91 Å². The molecule has 0 unspecified atom stereocenters. The molecule has 3 saturated heterocycles. The Hall–Kier alpha value is -2.33. The standard InChI is InChI=1S/C25H30N2O2/c28-22-9-4-8-19(12-22)15-26-16-20-14-21(17-26)24(13-18-6-2-1-3-7-18)27-23(20)10-5-11-25(27)29/h1-4,6-9,12,20-21,23-24,28H,5,10-11,13-17H2/t20-,21+,23+,24+/m1/s1. The third-order valence-electron chi connectivity index (χ3n) is 7.18. The molecule has 3 aliphatic rings. The number of fused-ring (bicyclic) bond motifs is 4. The zero-order chi connectivity index (χ0) is 19.8. The van der Waals surface area contributed by atoms with E-state index in [0.29, 0.717) is 42.0 Å². The molecule has 5 rings (SSSR count). The number of benzene rings is 2. The summed E-state index contributed by atoms with van der Waals surface area (Å²) in [5.74, 6) is 1.80. The first-order valence-corrected chi connectivity index (χ1v) is 11.0. The van der Waals surface area contributed by atoms with E-state index in [1.54, 1.807) is 6.07 Å². The first kappa shape index (κ1) is 18.7. The predicted molar refractivity (Wildman–Crippen MR) is 113 cm³/mol. The largest absolute Gasteiger partial charge is 0.508 e. The van der Waals surface area contributed by atoms with Crippen LogP contribution in [0.1, 0.15) is 36.8 Å². The molecule has 3 fully saturated rings. The fourth-order valence-electron chi connectivity index (χ4n) is 6.03. The number of nitrogens with zero attached hydrogens (tertiary/aromatic N) is 2. The highest BCUT2D eigenvalue weighted by Gasteiger charge is 2.49. The predicted octanol–water partition coefficient (Wildman–Crippen LogP) is 3.84. The van der Waals surface area contributed by atoms with Crippen molar-refractivity contribution in [2.75, 3.05) is 13.1 Å². The zero-order valence-electron chi connectivity index (χ0n) is 16.9. The van der Waals surface area contributed by atoms with E-state index < -0.39 is 0 Å². The Bertz CT molecular complexity index is 868. The van der Waals surface area contributed by atoms with Crippen molar-refractivity contribution in [3.8, 4) is 5.75 Å². The minimum Gasteiger partial charge on any atom is -0.508 e. The maximum absolute atomic E-state index is 13.0. The highest BCUT2D eigenvalue weighted by molar-refractivity contribution is 5.78. The highest BCUT2D eigenvalue weighted by Crippen LogP contribution is 2.42. The van der Waals surface area contributed by atoms with Crippen LogP contribution in [0.3, 0.4) is 0 Å². The van der Waals surface area contributed by atoms with Crippen LogP contribution in [-0.4, -0.2) is 46.0 Å². The lowest BCUT2D eigenvalue weighted by atomic mass is 9.70. The van der Waals surface area contributed by atoms with E-state index in [9.17, 15) is 9.90 Å². The average molecular weight is 391 g/mol. The van der Waals surface area contributed by atoms with Gasteiger partial charge in [0.15, 0.2) is 0 Å². The Kier molecular flexibility index (Phi) is 5.04. The Morgan fingerprint density at radius 2 is 1.76 bits per heavy atom. The molecule has 3 heterocycles. The first-order chi connectivity index (χ1) is 14.2. The summed E-state index contributed by atoms with van der Waals surface area (Å²) in [6.07, 6.45) is 5.09. The number of likely N-dealkylation sites (tertiary alicyclic amines) is 1. The SMILES string of the molecule is O=C1CCC[C@H]2[C@@H]3C[C@@H](CN(Cc4cccc(O)c4)C3)[C@H](Cc3ccccc3)N12. The maximum atomic E-state index is 13.0. The van der Waals surface area contributed by atoms with E-state index in [2.05, 4.69) is 46.2 Å². The summed E-state index contributed by atoms with van der Waals surface area (Å²) in [4.78, 5) is 17.8. The molecule has 0 aliphatic carbocycles. The summed E-state index contributed by atoms with van der Waals surface area (Å²) in [5, 5.41) is 9.83. The van der Waals surface area contributed by atoms with Crippen LogP contribution in [0.2, 0.25) is 0 Å². The molecule has 0 aromatic heterocycles. The van der Waals surface area contributed by atoms with Gasteiger partial charge in [0.1, 0.15) is 5.75 Å². The van der Waals surface area contributed by atoms with Crippen molar-refractivity contribution in [2.45, 2.75) is 50.7 Å². The van der Waals surface area contributed by atoms with Crippen LogP contribution in [-0.2, 0) is 17.8 Å². The molecule has 4 heteroatoms. The van der Waals surface area contributed by atoms with Crippen LogP contribution in [0.5, 0.6) is 5.75 Å². The molecule has 0 spiro atoms. The van der Waals surface area contributed by atoms with Gasteiger partial charge in [0, 0.05) is 38.1 Å². The van der Waals surface area contributed by atoms with E-state index in [1.807, 2.05) is 12.1 Å². The van der Waals surface area contributed by atoms with E-state index in [0.717, 1.165) is 38.9 Å². The molecule has 4 atom stereocenters. The quantitative estimate of drug-likeness (QED) is 0.863. The van der Waals surface area contributed by atoms with Crippen LogP contribution in [0, 0.1) is 11.8 Å². The van der Waals surface area contributed by atoms with E-state index in [1.165, 1.54) is 17.5 Å². The van der Waals surface area contributed by atoms with Gasteiger partial charge in [-0.05, 0) is 60.8 Å². The number of carbonyl (C=O) groups is 1. The number of aromatic hydroxyl groups is 1. The van der Waals surface area contributed by atoms with Crippen molar-refractivity contribution in [1.82, 2.24) is 9.80 Å². The second-order valence-electron chi connectivity index (χ2n) is 9.14. The van der Waals surface area contributed by atoms with Gasteiger partial charge in [0.05, 0.1) is 0 Å². The first-order valence-electron chi connectivity index (χ1n) is 11.0. The summed E-state index contributed by atoms with van der Waals surface area (Å²) >= 11 is 0. The number of amides is 1. The topological polar surface area (TPSA) is 43.8 Å². The van der Waals surface area contributed by atoms with Crippen LogP contribution in [0.15, 0.2) is 54.6 Å². The molecular formula is C25H30N2O2. The lowest BCUT2D eigenvalue weighted by Gasteiger charge is -2.57. The Morgan fingerprint density at radius 3 is 2.59 bits per heavy atom. The number of phenolic OH excluding ortho intramolecular Hbond substituents is 1. The zero-order valence-corrected chi connectivity index (χ0v) is 16.9. The van der Waals surface area contributed by atoms with E-state index in [4.69, 9.17) is 0 Å². The van der Waals surface area contributed by atoms with Crippen LogP contribution < -0.4 is 0 Å². The van der Waals surface area contributed by atoms with Crippen molar-refractivity contribution in [3.63, 3.8) is 0 Å². The Labute approximate surface area is 173 Å². The molecule has 4 nitrogen and oxygen atoms in total. The lowest BCUT2D eigenvalue weighted by Crippen LogP contribution is -2.65. The number of hydrogen-bond donors (Lipinski definition) is 1. The van der Waals surface area contributed by atoms with Gasteiger partial charge in [-0.25, -0.2) is 0 Å². The summed E-state index contributed by atoms with van der Waals surface area (Å²) in [6.45, 7) is 2.96. The van der Waals surface area contributed by atoms with Crippen LogP contribution >= 0.6 is 0 Å². The average Bonchev–Trinajstić information content (AvgIpc) is 2.72. The van der Waals surface area contributed by atoms with Gasteiger partial charge in [-0.3, -0.25) is 9.69 Å². The van der Waals surface area contributed by atoms with Gasteiger partial charge >= 0.3 is 0 Å². The summed E-state index contributed by atoms with van der Waals surface area (Å²) in [7, 11) is 0. The van der Waals surface area contributed by atoms with Gasteiger partial charge in [-0.2, -0.15) is 0 Å². The number of carbonyl (C=O) groups excluding carboxylic acids is 1. The molecule has 1 N–H and O–H groups in total. The van der Waals surface area contributed by atoms with Crippen molar-refractivity contribution in [2.24, 2.45) is 11.8 Å². The molecule has 29 heavy (non-hydrogen) atoms. The third-order valence-corrected chi connectivity index (χ3v) is 7.18. The summed E-state index contributed by atoms with van der Waals surface area (Å²) in [5.41, 5.74) is 2.50. The van der Waals surface area contributed by atoms with E-state index in [-0.39, 0.29) is 0 Å². The molecule has 2 bridgehead atoms. The molecule has 2 aromatic rings. The Morgan fingerprint density at radius 1 is 0.966 bits per heavy atom. The number of phenols is 1. The Balaban J connectivity index is 1.40. The van der Waals surface area contributed by atoms with Crippen LogP contribution in [0.25, 0.3) is 0 Å². The fraction of sp³-hybridized carbons (Fsp3) is 0.480. The number of piperidine rings is 3. The van der Waals surface area contributed by atoms with Gasteiger partial charge < -0.3 is 10.0 Å². The summed E-state index contributed by atoms with van der Waals surface area (Å²) < 4.78 is 0. The smallest absolute Gasteiger partial charge is 0.223 e. The third kappa shape index (κ3) is 3.78.